The average Bonchev–Trinajstić information content (AvgIpc) is 2.73. The number of hydrogen-bond acceptors (Lipinski definition) is 4. The van der Waals surface area contributed by atoms with E-state index in [9.17, 15) is 0 Å². The van der Waals surface area contributed by atoms with Gasteiger partial charge >= 0.3 is 0 Å². The van der Waals surface area contributed by atoms with Crippen molar-refractivity contribution >= 4 is 27.0 Å². The van der Waals surface area contributed by atoms with Gasteiger partial charge in [-0.1, -0.05) is 0 Å². The van der Waals surface area contributed by atoms with Crippen LogP contribution in [0.15, 0.2) is 41.3 Å². The number of pyridine rings is 1. The molecule has 6 heteroatoms. The van der Waals surface area contributed by atoms with Gasteiger partial charge in [0.1, 0.15) is 5.52 Å². The molecule has 0 aromatic carbocycles. The van der Waals surface area contributed by atoms with Crippen LogP contribution in [0.25, 0.3) is 11.0 Å². The molecule has 0 fully saturated rings. The van der Waals surface area contributed by atoms with Gasteiger partial charge in [0.25, 0.3) is 0 Å². The zero-order chi connectivity index (χ0) is 11.7. The van der Waals surface area contributed by atoms with E-state index in [4.69, 9.17) is 0 Å². The molecule has 0 spiro atoms. The first-order valence-electron chi connectivity index (χ1n) is 5.06. The molecule has 84 valence electrons. The summed E-state index contributed by atoms with van der Waals surface area (Å²) >= 11 is 3.41. The van der Waals surface area contributed by atoms with Crippen LogP contribution in [0, 0.1) is 0 Å². The van der Waals surface area contributed by atoms with E-state index in [0.29, 0.717) is 6.54 Å². The Morgan fingerprint density at radius 3 is 3.06 bits per heavy atom. The number of rotatable bonds is 2. The lowest BCUT2D eigenvalue weighted by atomic mass is 10.3. The van der Waals surface area contributed by atoms with E-state index in [1.54, 1.807) is 18.6 Å². The Morgan fingerprint density at radius 1 is 1.29 bits per heavy atom. The molecule has 3 aromatic heterocycles. The minimum absolute atomic E-state index is 0.593. The summed E-state index contributed by atoms with van der Waals surface area (Å²) in [7, 11) is 0. The summed E-state index contributed by atoms with van der Waals surface area (Å²) in [5, 5.41) is 12.2. The van der Waals surface area contributed by atoms with Crippen LogP contribution in [-0.2, 0) is 6.54 Å². The molecule has 3 rings (SSSR count). The molecule has 0 aliphatic carbocycles. The molecule has 0 saturated carbocycles. The van der Waals surface area contributed by atoms with Crippen LogP contribution in [0.1, 0.15) is 5.69 Å². The molecule has 0 radical (unpaired) electrons. The van der Waals surface area contributed by atoms with Crippen LogP contribution >= 0.6 is 15.9 Å². The summed E-state index contributed by atoms with van der Waals surface area (Å²) in [4.78, 5) is 4.28. The molecule has 0 bridgehead atoms. The highest BCUT2D eigenvalue weighted by Crippen LogP contribution is 2.17. The fourth-order valence-electron chi connectivity index (χ4n) is 1.63. The molecule has 0 unspecified atom stereocenters. The summed E-state index contributed by atoms with van der Waals surface area (Å²) in [6, 6.07) is 5.78. The van der Waals surface area contributed by atoms with Crippen LogP contribution in [0.5, 0.6) is 0 Å². The van der Waals surface area contributed by atoms with Crippen LogP contribution in [0.3, 0.4) is 0 Å². The smallest absolute Gasteiger partial charge is 0.108 e. The number of fused-ring (bicyclic) bond motifs is 1. The second kappa shape index (κ2) is 4.21. The maximum absolute atomic E-state index is 4.30. The highest BCUT2D eigenvalue weighted by Gasteiger charge is 2.05. The molecule has 17 heavy (non-hydrogen) atoms. The first kappa shape index (κ1) is 10.3. The van der Waals surface area contributed by atoms with Crippen molar-refractivity contribution in [3.63, 3.8) is 0 Å². The predicted molar refractivity (Wildman–Crippen MR) is 66.4 cm³/mol. The summed E-state index contributed by atoms with van der Waals surface area (Å²) < 4.78 is 2.79. The fraction of sp³-hybridized carbons (Fsp3) is 0.0909. The summed E-state index contributed by atoms with van der Waals surface area (Å²) in [5.41, 5.74) is 2.72. The van der Waals surface area contributed by atoms with Crippen molar-refractivity contribution in [2.24, 2.45) is 0 Å². The molecule has 3 heterocycles. The summed E-state index contributed by atoms with van der Waals surface area (Å²) in [5.74, 6) is 0. The van der Waals surface area contributed by atoms with Gasteiger partial charge in [-0.25, -0.2) is 0 Å². The lowest BCUT2D eigenvalue weighted by Crippen LogP contribution is -2.03. The first-order chi connectivity index (χ1) is 8.33. The molecule has 0 aliphatic rings. The molecule has 0 amide bonds. The van der Waals surface area contributed by atoms with E-state index in [-0.39, 0.29) is 0 Å². The zero-order valence-electron chi connectivity index (χ0n) is 8.79. The van der Waals surface area contributed by atoms with Gasteiger partial charge < -0.3 is 0 Å². The van der Waals surface area contributed by atoms with Gasteiger partial charge in [-0.2, -0.15) is 15.3 Å². The van der Waals surface area contributed by atoms with E-state index < -0.39 is 0 Å². The second-order valence-electron chi connectivity index (χ2n) is 3.58. The minimum Gasteiger partial charge on any atom is -0.257 e. The van der Waals surface area contributed by atoms with Crippen LogP contribution in [0.4, 0.5) is 0 Å². The van der Waals surface area contributed by atoms with E-state index in [1.165, 1.54) is 0 Å². The van der Waals surface area contributed by atoms with Crippen LogP contribution in [-0.4, -0.2) is 25.0 Å². The fourth-order valence-corrected chi connectivity index (χ4v) is 1.95. The third-order valence-corrected chi connectivity index (χ3v) is 2.83. The van der Waals surface area contributed by atoms with Gasteiger partial charge in [-0.15, -0.1) is 0 Å². The molecule has 0 atom stereocenters. The van der Waals surface area contributed by atoms with Gasteiger partial charge in [0.05, 0.1) is 24.0 Å². The van der Waals surface area contributed by atoms with Gasteiger partial charge in [0.15, 0.2) is 0 Å². The van der Waals surface area contributed by atoms with Crippen molar-refractivity contribution in [1.29, 1.82) is 0 Å². The monoisotopic (exact) mass is 289 g/mol. The van der Waals surface area contributed by atoms with Gasteiger partial charge in [0.2, 0.25) is 0 Å². The van der Waals surface area contributed by atoms with E-state index in [1.807, 2.05) is 22.9 Å². The van der Waals surface area contributed by atoms with E-state index in [2.05, 4.69) is 36.2 Å². The Labute approximate surface area is 106 Å². The topological polar surface area (TPSA) is 56.5 Å². The highest BCUT2D eigenvalue weighted by atomic mass is 79.9. The molecular formula is C11H8BrN5. The van der Waals surface area contributed by atoms with Crippen molar-refractivity contribution in [3.8, 4) is 0 Å². The Morgan fingerprint density at radius 2 is 2.24 bits per heavy atom. The quantitative estimate of drug-likeness (QED) is 0.724. The largest absolute Gasteiger partial charge is 0.257 e. The number of hydrogen-bond donors (Lipinski definition) is 0. The average molecular weight is 290 g/mol. The predicted octanol–water partition coefficient (Wildman–Crippen LogP) is 2.03. The van der Waals surface area contributed by atoms with Crippen LogP contribution in [0.2, 0.25) is 0 Å². The Bertz CT molecular complexity index is 649. The van der Waals surface area contributed by atoms with Gasteiger partial charge in [-0.05, 0) is 34.1 Å². The zero-order valence-corrected chi connectivity index (χ0v) is 10.4. The van der Waals surface area contributed by atoms with Gasteiger partial charge in [0, 0.05) is 16.9 Å². The SMILES string of the molecule is Brc1cnc2cnn(Cc3cccnn3)c2c1. The van der Waals surface area contributed by atoms with Crippen LogP contribution < -0.4 is 0 Å². The lowest BCUT2D eigenvalue weighted by molar-refractivity contribution is 0.685. The molecule has 0 saturated heterocycles. The molecule has 0 N–H and O–H groups in total. The first-order valence-corrected chi connectivity index (χ1v) is 5.86. The normalized spacial score (nSPS) is 10.9. The maximum atomic E-state index is 4.30. The molecule has 3 aromatic rings. The van der Waals surface area contributed by atoms with Crippen molar-refractivity contribution in [3.05, 3.63) is 47.0 Å². The lowest BCUT2D eigenvalue weighted by Gasteiger charge is -2.02. The van der Waals surface area contributed by atoms with Crippen molar-refractivity contribution in [1.82, 2.24) is 25.0 Å². The molecule has 5 nitrogen and oxygen atoms in total. The number of aromatic nitrogens is 5. The minimum atomic E-state index is 0.593. The third-order valence-electron chi connectivity index (χ3n) is 2.40. The Balaban J connectivity index is 2.03. The molecule has 0 aliphatic heterocycles. The summed E-state index contributed by atoms with van der Waals surface area (Å²) in [6.45, 7) is 0.593. The van der Waals surface area contributed by atoms with Crippen molar-refractivity contribution in [2.75, 3.05) is 0 Å². The van der Waals surface area contributed by atoms with Crippen molar-refractivity contribution in [2.45, 2.75) is 6.54 Å². The number of halogens is 1. The summed E-state index contributed by atoms with van der Waals surface area (Å²) in [6.07, 6.45) is 5.16. The highest BCUT2D eigenvalue weighted by molar-refractivity contribution is 9.10. The van der Waals surface area contributed by atoms with E-state index in [0.717, 1.165) is 21.2 Å². The number of nitrogens with zero attached hydrogens (tertiary/aromatic N) is 5. The van der Waals surface area contributed by atoms with Crippen molar-refractivity contribution < 1.29 is 0 Å². The Kier molecular flexibility index (Phi) is 2.56. The maximum Gasteiger partial charge on any atom is 0.108 e. The van der Waals surface area contributed by atoms with Gasteiger partial charge in [-0.3, -0.25) is 9.67 Å². The molecular weight excluding hydrogens is 282 g/mol. The van der Waals surface area contributed by atoms with E-state index >= 15 is 0 Å². The Hall–Kier alpha value is -1.82. The standard InChI is InChI=1S/C11H8BrN5/c12-8-4-11-10(13-5-8)6-15-17(11)7-9-2-1-3-14-16-9/h1-6H,7H2. The third kappa shape index (κ3) is 2.03. The second-order valence-corrected chi connectivity index (χ2v) is 4.49.